The lowest BCUT2D eigenvalue weighted by molar-refractivity contribution is 0.0956. The highest BCUT2D eigenvalue weighted by Gasteiger charge is 2.15. The van der Waals surface area contributed by atoms with Crippen molar-refractivity contribution in [2.24, 2.45) is 5.10 Å². The molecule has 8 heteroatoms. The Morgan fingerprint density at radius 1 is 0.969 bits per heavy atom. The fourth-order valence-electron chi connectivity index (χ4n) is 3.29. The van der Waals surface area contributed by atoms with E-state index in [1.54, 1.807) is 50.9 Å². The predicted octanol–water partition coefficient (Wildman–Crippen LogP) is 4.75. The van der Waals surface area contributed by atoms with Crippen molar-refractivity contribution in [2.45, 2.75) is 0 Å². The minimum Gasteiger partial charge on any atom is -0.496 e. The van der Waals surface area contributed by atoms with Crippen LogP contribution in [0.4, 0.5) is 0 Å². The third kappa shape index (κ3) is 4.26. The summed E-state index contributed by atoms with van der Waals surface area (Å²) in [6.07, 6.45) is 1.50. The van der Waals surface area contributed by atoms with Crippen molar-refractivity contribution >= 4 is 34.4 Å². The highest BCUT2D eigenvalue weighted by atomic mass is 32.1. The number of amides is 1. The SMILES string of the molecule is COc1cc(OC)c(OC)cc1/C=N/NC(=O)c1cc(-c2cccs2)nc2ccccc12. The van der Waals surface area contributed by atoms with Gasteiger partial charge in [-0.2, -0.15) is 5.10 Å². The molecule has 4 aromatic rings. The summed E-state index contributed by atoms with van der Waals surface area (Å²) in [7, 11) is 4.65. The zero-order chi connectivity index (χ0) is 22.5. The van der Waals surface area contributed by atoms with E-state index >= 15 is 0 Å². The maximum Gasteiger partial charge on any atom is 0.272 e. The molecule has 32 heavy (non-hydrogen) atoms. The van der Waals surface area contributed by atoms with Crippen LogP contribution in [-0.2, 0) is 0 Å². The molecule has 0 saturated heterocycles. The van der Waals surface area contributed by atoms with Crippen LogP contribution in [0, 0.1) is 0 Å². The van der Waals surface area contributed by atoms with Crippen LogP contribution in [0.1, 0.15) is 15.9 Å². The number of rotatable bonds is 7. The van der Waals surface area contributed by atoms with Gasteiger partial charge >= 0.3 is 0 Å². The van der Waals surface area contributed by atoms with Crippen LogP contribution in [0.25, 0.3) is 21.5 Å². The lowest BCUT2D eigenvalue weighted by Gasteiger charge is -2.12. The molecule has 0 spiro atoms. The second-order valence-electron chi connectivity index (χ2n) is 6.70. The topological polar surface area (TPSA) is 82.0 Å². The van der Waals surface area contributed by atoms with Crippen molar-refractivity contribution in [3.8, 4) is 27.8 Å². The number of hydrazone groups is 1. The van der Waals surface area contributed by atoms with E-state index in [2.05, 4.69) is 10.5 Å². The lowest BCUT2D eigenvalue weighted by Crippen LogP contribution is -2.18. The third-order valence-electron chi connectivity index (χ3n) is 4.84. The van der Waals surface area contributed by atoms with Gasteiger partial charge in [-0.3, -0.25) is 4.79 Å². The molecule has 2 heterocycles. The van der Waals surface area contributed by atoms with Crippen LogP contribution in [-0.4, -0.2) is 38.4 Å². The van der Waals surface area contributed by atoms with Crippen molar-refractivity contribution in [1.29, 1.82) is 0 Å². The molecular weight excluding hydrogens is 426 g/mol. The van der Waals surface area contributed by atoms with Crippen LogP contribution in [0.15, 0.2) is 65.1 Å². The number of methoxy groups -OCH3 is 3. The molecule has 0 bridgehead atoms. The summed E-state index contributed by atoms with van der Waals surface area (Å²) in [4.78, 5) is 18.7. The Balaban J connectivity index is 1.64. The maximum atomic E-state index is 13.0. The first-order chi connectivity index (χ1) is 15.6. The number of carbonyl (C=O) groups is 1. The van der Waals surface area contributed by atoms with Gasteiger partial charge in [0.05, 0.1) is 49.2 Å². The molecule has 4 rings (SSSR count). The largest absolute Gasteiger partial charge is 0.496 e. The van der Waals surface area contributed by atoms with E-state index in [1.807, 2.05) is 41.8 Å². The van der Waals surface area contributed by atoms with Gasteiger partial charge in [0.1, 0.15) is 5.75 Å². The fourth-order valence-corrected chi connectivity index (χ4v) is 3.97. The van der Waals surface area contributed by atoms with E-state index in [1.165, 1.54) is 6.21 Å². The average molecular weight is 448 g/mol. The molecule has 2 aromatic carbocycles. The average Bonchev–Trinajstić information content (AvgIpc) is 3.38. The number of hydrogen-bond acceptors (Lipinski definition) is 7. The number of hydrogen-bond donors (Lipinski definition) is 1. The molecule has 0 radical (unpaired) electrons. The van der Waals surface area contributed by atoms with Crippen LogP contribution in [0.3, 0.4) is 0 Å². The molecular formula is C24H21N3O4S. The van der Waals surface area contributed by atoms with Crippen molar-refractivity contribution in [3.05, 3.63) is 71.1 Å². The fraction of sp³-hybridized carbons (Fsp3) is 0.125. The Kier molecular flexibility index (Phi) is 6.32. The molecule has 0 aliphatic rings. The summed E-state index contributed by atoms with van der Waals surface area (Å²) < 4.78 is 16.0. The molecule has 0 unspecified atom stereocenters. The number of ether oxygens (including phenoxy) is 3. The summed E-state index contributed by atoms with van der Waals surface area (Å²) in [6, 6.07) is 16.7. The summed E-state index contributed by atoms with van der Waals surface area (Å²) in [5.74, 6) is 1.27. The molecule has 0 atom stereocenters. The van der Waals surface area contributed by atoms with Gasteiger partial charge in [-0.1, -0.05) is 24.3 Å². The van der Waals surface area contributed by atoms with Gasteiger partial charge in [-0.05, 0) is 29.6 Å². The number of thiophene rings is 1. The summed E-state index contributed by atoms with van der Waals surface area (Å²) in [5, 5.41) is 6.87. The molecule has 2 aromatic heterocycles. The molecule has 1 N–H and O–H groups in total. The minimum atomic E-state index is -0.336. The van der Waals surface area contributed by atoms with Crippen molar-refractivity contribution < 1.29 is 19.0 Å². The van der Waals surface area contributed by atoms with Crippen LogP contribution in [0.2, 0.25) is 0 Å². The summed E-state index contributed by atoms with van der Waals surface area (Å²) in [5.41, 5.74) is 5.22. The number of nitrogens with one attached hydrogen (secondary N) is 1. The predicted molar refractivity (Wildman–Crippen MR) is 126 cm³/mol. The van der Waals surface area contributed by atoms with Gasteiger partial charge in [0.25, 0.3) is 5.91 Å². The summed E-state index contributed by atoms with van der Waals surface area (Å²) in [6.45, 7) is 0. The highest BCUT2D eigenvalue weighted by molar-refractivity contribution is 7.13. The molecule has 0 aliphatic heterocycles. The zero-order valence-electron chi connectivity index (χ0n) is 17.8. The maximum absolute atomic E-state index is 13.0. The van der Waals surface area contributed by atoms with E-state index < -0.39 is 0 Å². The summed E-state index contributed by atoms with van der Waals surface area (Å²) >= 11 is 1.57. The lowest BCUT2D eigenvalue weighted by atomic mass is 10.1. The number of para-hydroxylation sites is 1. The molecule has 1 amide bonds. The number of aromatic nitrogens is 1. The number of fused-ring (bicyclic) bond motifs is 1. The normalized spacial score (nSPS) is 11.0. The number of benzene rings is 2. The Morgan fingerprint density at radius 2 is 1.72 bits per heavy atom. The van der Waals surface area contributed by atoms with E-state index in [9.17, 15) is 4.79 Å². The Bertz CT molecular complexity index is 1290. The van der Waals surface area contributed by atoms with E-state index in [0.717, 1.165) is 21.5 Å². The first kappa shape index (κ1) is 21.3. The Hall–Kier alpha value is -3.91. The van der Waals surface area contributed by atoms with Crippen LogP contribution < -0.4 is 19.6 Å². The second-order valence-corrected chi connectivity index (χ2v) is 7.65. The number of carbonyl (C=O) groups excluding carboxylic acids is 1. The number of pyridine rings is 1. The van der Waals surface area contributed by atoms with E-state index in [4.69, 9.17) is 19.2 Å². The molecule has 0 aliphatic carbocycles. The van der Waals surface area contributed by atoms with Gasteiger partial charge in [-0.25, -0.2) is 10.4 Å². The van der Waals surface area contributed by atoms with Crippen LogP contribution >= 0.6 is 11.3 Å². The van der Waals surface area contributed by atoms with Crippen molar-refractivity contribution in [2.75, 3.05) is 21.3 Å². The van der Waals surface area contributed by atoms with Gasteiger partial charge < -0.3 is 14.2 Å². The van der Waals surface area contributed by atoms with Gasteiger partial charge in [0.15, 0.2) is 11.5 Å². The first-order valence-corrected chi connectivity index (χ1v) is 10.6. The highest BCUT2D eigenvalue weighted by Crippen LogP contribution is 2.33. The monoisotopic (exact) mass is 447 g/mol. The Morgan fingerprint density at radius 3 is 2.44 bits per heavy atom. The van der Waals surface area contributed by atoms with Gasteiger partial charge in [-0.15, -0.1) is 11.3 Å². The third-order valence-corrected chi connectivity index (χ3v) is 5.73. The van der Waals surface area contributed by atoms with Crippen molar-refractivity contribution in [1.82, 2.24) is 10.4 Å². The van der Waals surface area contributed by atoms with Crippen LogP contribution in [0.5, 0.6) is 17.2 Å². The first-order valence-electron chi connectivity index (χ1n) is 9.71. The molecule has 7 nitrogen and oxygen atoms in total. The van der Waals surface area contributed by atoms with E-state index in [0.29, 0.717) is 28.4 Å². The van der Waals surface area contributed by atoms with Gasteiger partial charge in [0, 0.05) is 17.0 Å². The quantitative estimate of drug-likeness (QED) is 0.326. The minimum absolute atomic E-state index is 0.336. The number of nitrogens with zero attached hydrogens (tertiary/aromatic N) is 2. The standard InChI is InChI=1S/C24H21N3O4S/c1-29-20-13-22(31-3)21(30-2)11-15(20)14-25-27-24(28)17-12-19(23-9-6-10-32-23)26-18-8-5-4-7-16(17)18/h4-14H,1-3H3,(H,27,28)/b25-14+. The zero-order valence-corrected chi connectivity index (χ0v) is 18.6. The second kappa shape index (κ2) is 9.49. The molecule has 0 fully saturated rings. The van der Waals surface area contributed by atoms with Crippen molar-refractivity contribution in [3.63, 3.8) is 0 Å². The molecule has 162 valence electrons. The van der Waals surface area contributed by atoms with Gasteiger partial charge in [0.2, 0.25) is 0 Å². The Labute approximate surface area is 189 Å². The smallest absolute Gasteiger partial charge is 0.272 e. The molecule has 0 saturated carbocycles. The van der Waals surface area contributed by atoms with E-state index in [-0.39, 0.29) is 5.91 Å².